The van der Waals surface area contributed by atoms with Gasteiger partial charge in [-0.1, -0.05) is 12.5 Å². The van der Waals surface area contributed by atoms with Gasteiger partial charge in [0.2, 0.25) is 0 Å². The Hall–Kier alpha value is -1.75. The van der Waals surface area contributed by atoms with E-state index in [0.717, 1.165) is 19.3 Å². The van der Waals surface area contributed by atoms with Crippen molar-refractivity contribution in [3.63, 3.8) is 0 Å². The standard InChI is InChI=1S/C14H20N2O3/c15-7-9-3-1-4-10(9)8-16-14(19)11-5-2-6-12(17)13(11)18/h2,5-6,9-10,17-18H,1,3-4,7-8,15H2,(H,16,19). The minimum atomic E-state index is -0.373. The van der Waals surface area contributed by atoms with Crippen molar-refractivity contribution in [3.8, 4) is 11.5 Å². The molecular weight excluding hydrogens is 244 g/mol. The summed E-state index contributed by atoms with van der Waals surface area (Å²) in [5.74, 6) is -0.141. The fourth-order valence-corrected chi connectivity index (χ4v) is 2.73. The summed E-state index contributed by atoms with van der Waals surface area (Å²) in [6.07, 6.45) is 3.35. The third-order valence-electron chi connectivity index (χ3n) is 3.90. The smallest absolute Gasteiger partial charge is 0.255 e. The maximum absolute atomic E-state index is 12.0. The Morgan fingerprint density at radius 2 is 2.05 bits per heavy atom. The average Bonchev–Trinajstić information content (AvgIpc) is 2.86. The van der Waals surface area contributed by atoms with E-state index in [1.165, 1.54) is 18.2 Å². The monoisotopic (exact) mass is 264 g/mol. The first-order valence-corrected chi connectivity index (χ1v) is 6.62. The summed E-state index contributed by atoms with van der Waals surface area (Å²) < 4.78 is 0. The molecule has 1 amide bonds. The van der Waals surface area contributed by atoms with Crippen LogP contribution < -0.4 is 11.1 Å². The highest BCUT2D eigenvalue weighted by Crippen LogP contribution is 2.31. The molecule has 0 aromatic heterocycles. The molecule has 5 nitrogen and oxygen atoms in total. The van der Waals surface area contributed by atoms with Crippen molar-refractivity contribution in [1.82, 2.24) is 5.32 Å². The highest BCUT2D eigenvalue weighted by atomic mass is 16.3. The van der Waals surface area contributed by atoms with E-state index in [4.69, 9.17) is 5.73 Å². The zero-order valence-corrected chi connectivity index (χ0v) is 10.8. The molecule has 2 unspecified atom stereocenters. The number of rotatable bonds is 4. The van der Waals surface area contributed by atoms with Gasteiger partial charge in [-0.25, -0.2) is 0 Å². The second-order valence-corrected chi connectivity index (χ2v) is 5.07. The van der Waals surface area contributed by atoms with Crippen LogP contribution >= 0.6 is 0 Å². The minimum absolute atomic E-state index is 0.0993. The van der Waals surface area contributed by atoms with E-state index >= 15 is 0 Å². The Balaban J connectivity index is 1.96. The first kappa shape index (κ1) is 13.7. The van der Waals surface area contributed by atoms with Crippen LogP contribution in [0, 0.1) is 11.8 Å². The molecule has 5 N–H and O–H groups in total. The van der Waals surface area contributed by atoms with Crippen molar-refractivity contribution in [2.24, 2.45) is 17.6 Å². The normalized spacial score (nSPS) is 22.4. The average molecular weight is 264 g/mol. The molecule has 1 fully saturated rings. The van der Waals surface area contributed by atoms with E-state index in [9.17, 15) is 15.0 Å². The second kappa shape index (κ2) is 5.93. The van der Waals surface area contributed by atoms with Gasteiger partial charge in [0.25, 0.3) is 5.91 Å². The zero-order chi connectivity index (χ0) is 13.8. The van der Waals surface area contributed by atoms with Crippen LogP contribution in [0.15, 0.2) is 18.2 Å². The molecule has 1 aromatic rings. The van der Waals surface area contributed by atoms with Crippen LogP contribution in [-0.2, 0) is 0 Å². The maximum Gasteiger partial charge on any atom is 0.255 e. The third-order valence-corrected chi connectivity index (χ3v) is 3.90. The molecule has 1 aliphatic rings. The topological polar surface area (TPSA) is 95.6 Å². The van der Waals surface area contributed by atoms with Gasteiger partial charge >= 0.3 is 0 Å². The van der Waals surface area contributed by atoms with Gasteiger partial charge in [-0.05, 0) is 43.4 Å². The number of hydrogen-bond acceptors (Lipinski definition) is 4. The van der Waals surface area contributed by atoms with Gasteiger partial charge < -0.3 is 21.3 Å². The van der Waals surface area contributed by atoms with Crippen LogP contribution in [0.2, 0.25) is 0 Å². The molecule has 1 saturated carbocycles. The number of benzene rings is 1. The van der Waals surface area contributed by atoms with E-state index in [1.807, 2.05) is 0 Å². The molecule has 2 atom stereocenters. The van der Waals surface area contributed by atoms with Gasteiger partial charge in [0.15, 0.2) is 11.5 Å². The first-order chi connectivity index (χ1) is 9.13. The summed E-state index contributed by atoms with van der Waals surface area (Å²) in [5, 5.41) is 21.8. The second-order valence-electron chi connectivity index (χ2n) is 5.07. The van der Waals surface area contributed by atoms with Crippen molar-refractivity contribution < 1.29 is 15.0 Å². The molecule has 5 heteroatoms. The summed E-state index contributed by atoms with van der Waals surface area (Å²) in [6.45, 7) is 1.22. The van der Waals surface area contributed by atoms with Crippen LogP contribution in [0.25, 0.3) is 0 Å². The lowest BCUT2D eigenvalue weighted by Gasteiger charge is -2.18. The summed E-state index contributed by atoms with van der Waals surface area (Å²) >= 11 is 0. The van der Waals surface area contributed by atoms with Gasteiger partial charge in [0.1, 0.15) is 0 Å². The van der Waals surface area contributed by atoms with Crippen LogP contribution in [0.1, 0.15) is 29.6 Å². The summed E-state index contributed by atoms with van der Waals surface area (Å²) in [6, 6.07) is 4.36. The number of hydrogen-bond donors (Lipinski definition) is 4. The number of carbonyl (C=O) groups excluding carboxylic acids is 1. The van der Waals surface area contributed by atoms with Gasteiger partial charge in [0.05, 0.1) is 5.56 Å². The van der Waals surface area contributed by atoms with E-state index in [0.29, 0.717) is 24.9 Å². The fraction of sp³-hybridized carbons (Fsp3) is 0.500. The highest BCUT2D eigenvalue weighted by Gasteiger charge is 2.26. The quantitative estimate of drug-likeness (QED) is 0.614. The number of para-hydroxylation sites is 1. The van der Waals surface area contributed by atoms with Gasteiger partial charge in [-0.2, -0.15) is 0 Å². The predicted octanol–water partition coefficient (Wildman–Crippen LogP) is 1.20. The number of amides is 1. The molecule has 0 bridgehead atoms. The molecule has 0 saturated heterocycles. The Bertz CT molecular complexity index is 462. The number of nitrogens with one attached hydrogen (secondary N) is 1. The molecule has 0 radical (unpaired) electrons. The fourth-order valence-electron chi connectivity index (χ4n) is 2.73. The first-order valence-electron chi connectivity index (χ1n) is 6.62. The molecule has 0 heterocycles. The van der Waals surface area contributed by atoms with E-state index in [1.54, 1.807) is 0 Å². The van der Waals surface area contributed by atoms with Crippen molar-refractivity contribution in [2.75, 3.05) is 13.1 Å². The van der Waals surface area contributed by atoms with E-state index in [-0.39, 0.29) is 23.0 Å². The van der Waals surface area contributed by atoms with Gasteiger partial charge in [-0.3, -0.25) is 4.79 Å². The molecular formula is C14H20N2O3. The van der Waals surface area contributed by atoms with Crippen LogP contribution in [0.5, 0.6) is 11.5 Å². The summed E-state index contributed by atoms with van der Waals surface area (Å²) in [5.41, 5.74) is 5.80. The van der Waals surface area contributed by atoms with Gasteiger partial charge in [0, 0.05) is 6.54 Å². The molecule has 104 valence electrons. The van der Waals surface area contributed by atoms with Crippen molar-refractivity contribution in [3.05, 3.63) is 23.8 Å². The molecule has 0 aliphatic heterocycles. The van der Waals surface area contributed by atoms with Crippen molar-refractivity contribution in [1.29, 1.82) is 0 Å². The van der Waals surface area contributed by atoms with Crippen molar-refractivity contribution in [2.45, 2.75) is 19.3 Å². The minimum Gasteiger partial charge on any atom is -0.504 e. The number of phenolic OH excluding ortho intramolecular Hbond substituents is 2. The molecule has 1 aliphatic carbocycles. The van der Waals surface area contributed by atoms with Crippen LogP contribution in [0.3, 0.4) is 0 Å². The lowest BCUT2D eigenvalue weighted by Crippen LogP contribution is -2.32. The Labute approximate surface area is 112 Å². The lowest BCUT2D eigenvalue weighted by molar-refractivity contribution is 0.0940. The maximum atomic E-state index is 12.0. The largest absolute Gasteiger partial charge is 0.504 e. The van der Waals surface area contributed by atoms with E-state index < -0.39 is 0 Å². The molecule has 19 heavy (non-hydrogen) atoms. The SMILES string of the molecule is NCC1CCCC1CNC(=O)c1cccc(O)c1O. The molecule has 2 rings (SSSR count). The van der Waals surface area contributed by atoms with E-state index in [2.05, 4.69) is 5.32 Å². The summed E-state index contributed by atoms with van der Waals surface area (Å²) in [4.78, 5) is 12.0. The summed E-state index contributed by atoms with van der Waals surface area (Å²) in [7, 11) is 0. The Morgan fingerprint density at radius 3 is 2.79 bits per heavy atom. The molecule has 1 aromatic carbocycles. The van der Waals surface area contributed by atoms with Crippen LogP contribution in [-0.4, -0.2) is 29.2 Å². The number of nitrogens with two attached hydrogens (primary N) is 1. The van der Waals surface area contributed by atoms with Crippen LogP contribution in [0.4, 0.5) is 0 Å². The van der Waals surface area contributed by atoms with Crippen molar-refractivity contribution >= 4 is 5.91 Å². The number of aromatic hydroxyl groups is 2. The zero-order valence-electron chi connectivity index (χ0n) is 10.8. The Kier molecular flexibility index (Phi) is 4.27. The number of phenols is 2. The Morgan fingerprint density at radius 1 is 1.32 bits per heavy atom. The highest BCUT2D eigenvalue weighted by molar-refractivity contribution is 5.97. The predicted molar refractivity (Wildman–Crippen MR) is 72.0 cm³/mol. The third kappa shape index (κ3) is 2.98. The number of carbonyl (C=O) groups is 1. The lowest BCUT2D eigenvalue weighted by atomic mass is 9.96. The molecule has 0 spiro atoms. The van der Waals surface area contributed by atoms with Gasteiger partial charge in [-0.15, -0.1) is 0 Å².